The molecule has 1 saturated carbocycles. The van der Waals surface area contributed by atoms with Crippen LogP contribution in [-0.2, 0) is 0 Å². The average Bonchev–Trinajstić information content (AvgIpc) is 2.40. The van der Waals surface area contributed by atoms with Gasteiger partial charge in [-0.15, -0.1) is 0 Å². The van der Waals surface area contributed by atoms with Crippen molar-refractivity contribution in [1.82, 2.24) is 0 Å². The van der Waals surface area contributed by atoms with Crippen molar-refractivity contribution in [3.8, 4) is 0 Å². The lowest BCUT2D eigenvalue weighted by Crippen LogP contribution is -2.24. The average molecular weight is 373 g/mol. The van der Waals surface area contributed by atoms with Crippen molar-refractivity contribution in [2.24, 2.45) is 0 Å². The summed E-state index contributed by atoms with van der Waals surface area (Å²) < 4.78 is 53.3. The molecule has 1 nitrogen and oxygen atoms in total. The molecule has 1 fully saturated rings. The number of benzene rings is 1. The monoisotopic (exact) mass is 373 g/mol. The number of rotatable bonds is 2. The van der Waals surface area contributed by atoms with Crippen molar-refractivity contribution in [3.63, 3.8) is 0 Å². The first kappa shape index (κ1) is 13.9. The van der Waals surface area contributed by atoms with Crippen LogP contribution in [0.5, 0.6) is 0 Å². The Kier molecular flexibility index (Phi) is 4.34. The molecule has 0 aliphatic heterocycles. The maximum atomic E-state index is 13.6. The first-order chi connectivity index (χ1) is 8.52. The van der Waals surface area contributed by atoms with Crippen LogP contribution in [0.1, 0.15) is 32.1 Å². The van der Waals surface area contributed by atoms with Crippen LogP contribution < -0.4 is 5.32 Å². The van der Waals surface area contributed by atoms with Crippen LogP contribution in [-0.4, -0.2) is 6.04 Å². The van der Waals surface area contributed by atoms with Crippen LogP contribution in [0.2, 0.25) is 0 Å². The van der Waals surface area contributed by atoms with Crippen LogP contribution in [0.15, 0.2) is 0 Å². The Morgan fingerprint density at radius 1 is 0.833 bits per heavy atom. The molecule has 0 unspecified atom stereocenters. The van der Waals surface area contributed by atoms with Crippen LogP contribution in [0, 0.1) is 26.8 Å². The van der Waals surface area contributed by atoms with Gasteiger partial charge in [0.1, 0.15) is 5.69 Å². The molecular formula is C12H12F4IN. The van der Waals surface area contributed by atoms with Crippen molar-refractivity contribution in [2.45, 2.75) is 38.1 Å². The minimum Gasteiger partial charge on any atom is -0.377 e. The second-order valence-corrected chi connectivity index (χ2v) is 5.50. The third kappa shape index (κ3) is 2.57. The highest BCUT2D eigenvalue weighted by Gasteiger charge is 2.26. The highest BCUT2D eigenvalue weighted by Crippen LogP contribution is 2.31. The molecule has 1 aromatic carbocycles. The van der Waals surface area contributed by atoms with Gasteiger partial charge in [0.15, 0.2) is 23.3 Å². The molecule has 0 bridgehead atoms. The Morgan fingerprint density at radius 3 is 1.83 bits per heavy atom. The summed E-state index contributed by atoms with van der Waals surface area (Å²) in [5, 5.41) is 2.59. The van der Waals surface area contributed by atoms with Gasteiger partial charge in [-0.25, -0.2) is 17.6 Å². The van der Waals surface area contributed by atoms with E-state index in [9.17, 15) is 17.6 Å². The molecule has 2 rings (SSSR count). The van der Waals surface area contributed by atoms with Crippen LogP contribution >= 0.6 is 22.6 Å². The largest absolute Gasteiger partial charge is 0.377 e. The summed E-state index contributed by atoms with van der Waals surface area (Å²) in [6.45, 7) is 0. The summed E-state index contributed by atoms with van der Waals surface area (Å²) in [5.41, 5.74) is -0.683. The molecule has 0 aromatic heterocycles. The Hall–Kier alpha value is -0.530. The van der Waals surface area contributed by atoms with Crippen molar-refractivity contribution in [1.29, 1.82) is 0 Å². The van der Waals surface area contributed by atoms with E-state index < -0.39 is 32.5 Å². The van der Waals surface area contributed by atoms with E-state index in [1.165, 1.54) is 22.6 Å². The second-order valence-electron chi connectivity index (χ2n) is 4.42. The minimum atomic E-state index is -1.34. The highest BCUT2D eigenvalue weighted by atomic mass is 127. The SMILES string of the molecule is Fc1c(F)c(NC2CCCCC2)c(F)c(F)c1I. The van der Waals surface area contributed by atoms with Gasteiger partial charge in [-0.1, -0.05) is 19.3 Å². The quantitative estimate of drug-likeness (QED) is 0.346. The van der Waals surface area contributed by atoms with Gasteiger partial charge < -0.3 is 5.32 Å². The van der Waals surface area contributed by atoms with Gasteiger partial charge in [0.25, 0.3) is 0 Å². The summed E-state index contributed by atoms with van der Waals surface area (Å²) in [5.74, 6) is -5.37. The summed E-state index contributed by atoms with van der Waals surface area (Å²) in [7, 11) is 0. The zero-order valence-corrected chi connectivity index (χ0v) is 11.7. The molecule has 0 spiro atoms. The van der Waals surface area contributed by atoms with Crippen LogP contribution in [0.25, 0.3) is 0 Å². The van der Waals surface area contributed by atoms with E-state index in [0.717, 1.165) is 32.1 Å². The van der Waals surface area contributed by atoms with Gasteiger partial charge in [-0.05, 0) is 35.4 Å². The summed E-state index contributed by atoms with van der Waals surface area (Å²) >= 11 is 1.25. The van der Waals surface area contributed by atoms with Crippen molar-refractivity contribution in [3.05, 3.63) is 26.8 Å². The number of hydrogen-bond acceptors (Lipinski definition) is 1. The zero-order chi connectivity index (χ0) is 13.3. The normalized spacial score (nSPS) is 16.9. The molecule has 1 aliphatic carbocycles. The van der Waals surface area contributed by atoms with Gasteiger partial charge in [-0.3, -0.25) is 0 Å². The molecule has 1 aromatic rings. The summed E-state index contributed by atoms with van der Waals surface area (Å²) in [6.07, 6.45) is 4.51. The molecule has 18 heavy (non-hydrogen) atoms. The van der Waals surface area contributed by atoms with E-state index in [-0.39, 0.29) is 6.04 Å². The Morgan fingerprint density at radius 2 is 1.33 bits per heavy atom. The lowest BCUT2D eigenvalue weighted by atomic mass is 9.95. The third-order valence-electron chi connectivity index (χ3n) is 3.16. The molecule has 1 aliphatic rings. The number of hydrogen-bond donors (Lipinski definition) is 1. The predicted octanol–water partition coefficient (Wildman–Crippen LogP) is 4.59. The summed E-state index contributed by atoms with van der Waals surface area (Å²) in [6, 6.07) is -0.124. The van der Waals surface area contributed by atoms with Crippen molar-refractivity contribution < 1.29 is 17.6 Å². The molecule has 1 N–H and O–H groups in total. The van der Waals surface area contributed by atoms with Crippen LogP contribution in [0.3, 0.4) is 0 Å². The van der Waals surface area contributed by atoms with Gasteiger partial charge in [-0.2, -0.15) is 0 Å². The molecule has 6 heteroatoms. The first-order valence-corrected chi connectivity index (χ1v) is 6.88. The van der Waals surface area contributed by atoms with E-state index in [2.05, 4.69) is 5.32 Å². The lowest BCUT2D eigenvalue weighted by molar-refractivity contribution is 0.433. The molecule has 0 heterocycles. The number of anilines is 1. The maximum Gasteiger partial charge on any atom is 0.186 e. The number of halogens is 5. The third-order valence-corrected chi connectivity index (χ3v) is 4.11. The topological polar surface area (TPSA) is 12.0 Å². The van der Waals surface area contributed by atoms with E-state index >= 15 is 0 Å². The fourth-order valence-corrected chi connectivity index (χ4v) is 2.66. The molecule has 0 amide bonds. The Balaban J connectivity index is 2.32. The van der Waals surface area contributed by atoms with Crippen LogP contribution in [0.4, 0.5) is 23.2 Å². The molecule has 0 atom stereocenters. The Labute approximate surface area is 116 Å². The van der Waals surface area contributed by atoms with Crippen molar-refractivity contribution >= 4 is 28.3 Å². The minimum absolute atomic E-state index is 0.124. The number of nitrogens with one attached hydrogen (secondary N) is 1. The van der Waals surface area contributed by atoms with Gasteiger partial charge in [0.2, 0.25) is 0 Å². The molecular weight excluding hydrogens is 361 g/mol. The maximum absolute atomic E-state index is 13.6. The predicted molar refractivity (Wildman–Crippen MR) is 69.5 cm³/mol. The molecule has 0 radical (unpaired) electrons. The first-order valence-electron chi connectivity index (χ1n) is 5.80. The van der Waals surface area contributed by atoms with E-state index in [0.29, 0.717) is 0 Å². The van der Waals surface area contributed by atoms with Gasteiger partial charge in [0, 0.05) is 6.04 Å². The van der Waals surface area contributed by atoms with E-state index in [1.807, 2.05) is 0 Å². The van der Waals surface area contributed by atoms with E-state index in [4.69, 9.17) is 0 Å². The van der Waals surface area contributed by atoms with Crippen molar-refractivity contribution in [2.75, 3.05) is 5.32 Å². The Bertz CT molecular complexity index is 429. The smallest absolute Gasteiger partial charge is 0.186 e. The molecule has 0 saturated heterocycles. The fraction of sp³-hybridized carbons (Fsp3) is 0.500. The second kappa shape index (κ2) is 5.63. The standard InChI is InChI=1S/C12H12F4IN/c13-7-9(15)12(10(16)8(14)11(7)17)18-6-4-2-1-3-5-6/h6,18H,1-5H2. The van der Waals surface area contributed by atoms with E-state index in [1.54, 1.807) is 0 Å². The van der Waals surface area contributed by atoms with Gasteiger partial charge in [0.05, 0.1) is 3.57 Å². The summed E-state index contributed by atoms with van der Waals surface area (Å²) in [4.78, 5) is 0. The van der Waals surface area contributed by atoms with Gasteiger partial charge >= 0.3 is 0 Å². The zero-order valence-electron chi connectivity index (χ0n) is 9.50. The molecule has 100 valence electrons. The lowest BCUT2D eigenvalue weighted by Gasteiger charge is -2.24. The highest BCUT2D eigenvalue weighted by molar-refractivity contribution is 14.1. The fourth-order valence-electron chi connectivity index (χ4n) is 2.18.